The zero-order valence-corrected chi connectivity index (χ0v) is 9.36. The van der Waals surface area contributed by atoms with Gasteiger partial charge in [0.1, 0.15) is 0 Å². The summed E-state index contributed by atoms with van der Waals surface area (Å²) in [6, 6.07) is 7.55. The van der Waals surface area contributed by atoms with E-state index in [4.69, 9.17) is 0 Å². The molecule has 0 N–H and O–H groups in total. The van der Waals surface area contributed by atoms with Gasteiger partial charge in [-0.05, 0) is 41.5 Å². The van der Waals surface area contributed by atoms with Gasteiger partial charge in [0.15, 0.2) is 0 Å². The third-order valence-electron chi connectivity index (χ3n) is 2.44. The van der Waals surface area contributed by atoms with E-state index in [9.17, 15) is 0 Å². The molecule has 1 rings (SSSR count). The lowest BCUT2D eigenvalue weighted by molar-refractivity contribution is 0.581. The highest BCUT2D eigenvalue weighted by atomic mass is 14.2. The Morgan fingerprint density at radius 3 is 2.31 bits per heavy atom. The molecule has 71 valence electrons. The van der Waals surface area contributed by atoms with Crippen molar-refractivity contribution in [2.45, 2.75) is 46.5 Å². The molecule has 0 atom stereocenters. The first-order valence-electron chi connectivity index (χ1n) is 4.97. The first kappa shape index (κ1) is 10.3. The molecule has 0 heterocycles. The van der Waals surface area contributed by atoms with E-state index in [1.807, 2.05) is 6.07 Å². The Bertz CT molecular complexity index is 289. The van der Waals surface area contributed by atoms with Crippen LogP contribution < -0.4 is 0 Å². The van der Waals surface area contributed by atoms with E-state index >= 15 is 0 Å². The molecule has 0 aromatic heterocycles. The van der Waals surface area contributed by atoms with Crippen LogP contribution in [0.2, 0.25) is 0 Å². The summed E-state index contributed by atoms with van der Waals surface area (Å²) in [5.74, 6) is 0. The van der Waals surface area contributed by atoms with Crippen molar-refractivity contribution in [3.63, 3.8) is 0 Å². The van der Waals surface area contributed by atoms with Crippen LogP contribution in [0.25, 0.3) is 0 Å². The van der Waals surface area contributed by atoms with Crippen LogP contribution in [0.4, 0.5) is 0 Å². The van der Waals surface area contributed by atoms with Crippen LogP contribution in [-0.2, 0) is 11.8 Å². The zero-order valence-electron chi connectivity index (χ0n) is 9.36. The second-order valence-corrected chi connectivity index (χ2v) is 4.62. The predicted molar refractivity (Wildman–Crippen MR) is 58.1 cm³/mol. The van der Waals surface area contributed by atoms with Crippen molar-refractivity contribution < 1.29 is 0 Å². The second-order valence-electron chi connectivity index (χ2n) is 4.62. The number of aryl methyl sites for hydroxylation is 1. The Kier molecular flexibility index (Phi) is 2.80. The Balaban J connectivity index is 3.29. The van der Waals surface area contributed by atoms with E-state index in [2.05, 4.69) is 46.8 Å². The third-order valence-corrected chi connectivity index (χ3v) is 2.44. The van der Waals surface area contributed by atoms with Crippen molar-refractivity contribution in [1.29, 1.82) is 0 Å². The first-order valence-corrected chi connectivity index (χ1v) is 4.97. The lowest BCUT2D eigenvalue weighted by atomic mass is 9.81. The maximum atomic E-state index is 3.37. The number of hydrogen-bond donors (Lipinski definition) is 0. The molecule has 1 radical (unpaired) electrons. The van der Waals surface area contributed by atoms with Crippen LogP contribution in [0, 0.1) is 13.0 Å². The van der Waals surface area contributed by atoms with Crippen molar-refractivity contribution in [3.05, 3.63) is 34.9 Å². The molecule has 0 aliphatic carbocycles. The predicted octanol–water partition coefficient (Wildman–Crippen LogP) is 3.66. The molecule has 0 bridgehead atoms. The molecular weight excluding hydrogens is 156 g/mol. The van der Waals surface area contributed by atoms with Gasteiger partial charge in [0.2, 0.25) is 0 Å². The first-order chi connectivity index (χ1) is 5.96. The highest BCUT2D eigenvalue weighted by Crippen LogP contribution is 2.27. The largest absolute Gasteiger partial charge is 0.0613 e. The van der Waals surface area contributed by atoms with E-state index < -0.39 is 0 Å². The lowest BCUT2D eigenvalue weighted by Crippen LogP contribution is -2.14. The molecule has 13 heavy (non-hydrogen) atoms. The van der Waals surface area contributed by atoms with Crippen LogP contribution in [0.3, 0.4) is 0 Å². The average Bonchev–Trinajstić information content (AvgIpc) is 2.02. The van der Waals surface area contributed by atoms with Crippen LogP contribution >= 0.6 is 0 Å². The van der Waals surface area contributed by atoms with E-state index in [-0.39, 0.29) is 5.41 Å². The minimum absolute atomic E-state index is 0.220. The van der Waals surface area contributed by atoms with Gasteiger partial charge < -0.3 is 0 Å². The van der Waals surface area contributed by atoms with Crippen molar-refractivity contribution >= 4 is 0 Å². The molecule has 0 heteroatoms. The van der Waals surface area contributed by atoms with Crippen molar-refractivity contribution in [3.8, 4) is 0 Å². The minimum atomic E-state index is 0.220. The van der Waals surface area contributed by atoms with Crippen molar-refractivity contribution in [1.82, 2.24) is 0 Å². The van der Waals surface area contributed by atoms with Gasteiger partial charge in [0.05, 0.1) is 0 Å². The highest BCUT2D eigenvalue weighted by Gasteiger charge is 2.17. The summed E-state index contributed by atoms with van der Waals surface area (Å²) in [5.41, 5.74) is 4.45. The van der Waals surface area contributed by atoms with Gasteiger partial charge in [-0.2, -0.15) is 0 Å². The number of rotatable bonds is 1. The molecule has 0 aliphatic rings. The molecular formula is C13H19. The van der Waals surface area contributed by atoms with Gasteiger partial charge in [-0.15, -0.1) is 0 Å². The number of hydrogen-bond acceptors (Lipinski definition) is 0. The van der Waals surface area contributed by atoms with Crippen LogP contribution in [-0.4, -0.2) is 0 Å². The van der Waals surface area contributed by atoms with Gasteiger partial charge in [0.25, 0.3) is 0 Å². The van der Waals surface area contributed by atoms with E-state index in [0.29, 0.717) is 0 Å². The Labute approximate surface area is 82.0 Å². The normalized spacial score (nSPS) is 11.8. The molecule has 0 nitrogen and oxygen atoms in total. The second kappa shape index (κ2) is 3.53. The van der Waals surface area contributed by atoms with Crippen LogP contribution in [0.5, 0.6) is 0 Å². The zero-order chi connectivity index (χ0) is 10.1. The fourth-order valence-electron chi connectivity index (χ4n) is 1.76. The summed E-state index contributed by atoms with van der Waals surface area (Å²) in [5, 5.41) is 0. The fourth-order valence-corrected chi connectivity index (χ4v) is 1.76. The van der Waals surface area contributed by atoms with Gasteiger partial charge in [-0.1, -0.05) is 39.8 Å². The maximum Gasteiger partial charge on any atom is -0.0123 e. The van der Waals surface area contributed by atoms with Gasteiger partial charge in [0, 0.05) is 0 Å². The number of benzene rings is 1. The van der Waals surface area contributed by atoms with Crippen LogP contribution in [0.1, 0.15) is 44.4 Å². The highest BCUT2D eigenvalue weighted by molar-refractivity contribution is 5.37. The summed E-state index contributed by atoms with van der Waals surface area (Å²) in [4.78, 5) is 0. The SMILES string of the molecule is CCc1c(C(C)(C)C)[c]ccc1C. The van der Waals surface area contributed by atoms with E-state index in [1.165, 1.54) is 16.7 Å². The quantitative estimate of drug-likeness (QED) is 0.611. The summed E-state index contributed by atoms with van der Waals surface area (Å²) in [7, 11) is 0. The topological polar surface area (TPSA) is 0 Å². The molecule has 0 saturated heterocycles. The Hall–Kier alpha value is -0.780. The smallest absolute Gasteiger partial charge is 0.0123 e. The molecule has 0 saturated carbocycles. The summed E-state index contributed by atoms with van der Waals surface area (Å²) in [6.07, 6.45) is 1.11. The van der Waals surface area contributed by atoms with Gasteiger partial charge in [-0.25, -0.2) is 0 Å². The van der Waals surface area contributed by atoms with Crippen molar-refractivity contribution in [2.24, 2.45) is 0 Å². The van der Waals surface area contributed by atoms with E-state index in [0.717, 1.165) is 6.42 Å². The molecule has 1 aromatic carbocycles. The standard InChI is InChI=1S/C13H19/c1-6-11-10(2)8-7-9-12(11)13(3,4)5/h7-8H,6H2,1-5H3. The average molecular weight is 175 g/mol. The van der Waals surface area contributed by atoms with Crippen molar-refractivity contribution in [2.75, 3.05) is 0 Å². The molecule has 0 spiro atoms. The molecule has 0 aliphatic heterocycles. The molecule has 0 unspecified atom stereocenters. The minimum Gasteiger partial charge on any atom is -0.0613 e. The molecule has 0 amide bonds. The van der Waals surface area contributed by atoms with Gasteiger partial charge in [-0.3, -0.25) is 0 Å². The Morgan fingerprint density at radius 2 is 1.92 bits per heavy atom. The fraction of sp³-hybridized carbons (Fsp3) is 0.538. The van der Waals surface area contributed by atoms with E-state index in [1.54, 1.807) is 0 Å². The Morgan fingerprint density at radius 1 is 1.31 bits per heavy atom. The molecule has 1 aromatic rings. The summed E-state index contributed by atoms with van der Waals surface area (Å²) in [6.45, 7) is 11.1. The summed E-state index contributed by atoms with van der Waals surface area (Å²) < 4.78 is 0. The lowest BCUT2D eigenvalue weighted by Gasteiger charge is -2.23. The van der Waals surface area contributed by atoms with Crippen LogP contribution in [0.15, 0.2) is 12.1 Å². The summed E-state index contributed by atoms with van der Waals surface area (Å²) >= 11 is 0. The third kappa shape index (κ3) is 2.12. The maximum absolute atomic E-state index is 3.37. The van der Waals surface area contributed by atoms with Gasteiger partial charge >= 0.3 is 0 Å². The monoisotopic (exact) mass is 175 g/mol. The molecule has 0 fully saturated rings.